The third-order valence-electron chi connectivity index (χ3n) is 4.43. The van der Waals surface area contributed by atoms with E-state index >= 15 is 0 Å². The lowest BCUT2D eigenvalue weighted by molar-refractivity contribution is -0.118. The van der Waals surface area contributed by atoms with Gasteiger partial charge in [-0.1, -0.05) is 0 Å². The number of rotatable bonds is 6. The van der Waals surface area contributed by atoms with Gasteiger partial charge in [0.05, 0.1) is 29.0 Å². The molecule has 10 heteroatoms. The average Bonchev–Trinajstić information content (AvgIpc) is 2.71. The Bertz CT molecular complexity index is 1110. The summed E-state index contributed by atoms with van der Waals surface area (Å²) < 4.78 is 35.4. The highest BCUT2D eigenvalue weighted by Gasteiger charge is 2.24. The molecular formula is C20H20N2O7S. The van der Waals surface area contributed by atoms with Crippen molar-refractivity contribution >= 4 is 39.0 Å². The van der Waals surface area contributed by atoms with Crippen LogP contribution in [0.1, 0.15) is 22.3 Å². The minimum absolute atomic E-state index is 0.0487. The Hall–Kier alpha value is -3.40. The number of ether oxygens (including phenoxy) is 2. The topological polar surface area (TPSA) is 128 Å². The summed E-state index contributed by atoms with van der Waals surface area (Å²) in [5.74, 6) is -1.42. The minimum Gasteiger partial charge on any atom is -0.482 e. The molecule has 0 bridgehead atoms. The molecule has 1 aliphatic rings. The molecule has 0 radical (unpaired) electrons. The van der Waals surface area contributed by atoms with Crippen molar-refractivity contribution in [2.45, 2.75) is 18.2 Å². The van der Waals surface area contributed by atoms with Crippen LogP contribution in [0.5, 0.6) is 5.75 Å². The molecule has 0 unspecified atom stereocenters. The van der Waals surface area contributed by atoms with Crippen molar-refractivity contribution in [3.63, 3.8) is 0 Å². The molecule has 9 nitrogen and oxygen atoms in total. The molecule has 0 aromatic heterocycles. The van der Waals surface area contributed by atoms with Gasteiger partial charge in [-0.3, -0.25) is 9.59 Å². The van der Waals surface area contributed by atoms with Crippen LogP contribution in [0.15, 0.2) is 41.3 Å². The summed E-state index contributed by atoms with van der Waals surface area (Å²) in [6.07, 6.45) is -0.255. The smallest absolute Gasteiger partial charge is 0.337 e. The summed E-state index contributed by atoms with van der Waals surface area (Å²) in [5, 5.41) is 5.21. The molecule has 2 aromatic carbocycles. The van der Waals surface area contributed by atoms with E-state index in [0.717, 1.165) is 0 Å². The molecule has 158 valence electrons. The predicted molar refractivity (Wildman–Crippen MR) is 108 cm³/mol. The fourth-order valence-electron chi connectivity index (χ4n) is 2.92. The fraction of sp³-hybridized carbons (Fsp3) is 0.250. The van der Waals surface area contributed by atoms with Crippen LogP contribution >= 0.6 is 0 Å². The van der Waals surface area contributed by atoms with Crippen LogP contribution in [0.25, 0.3) is 0 Å². The van der Waals surface area contributed by atoms with Crippen LogP contribution in [0, 0.1) is 6.92 Å². The van der Waals surface area contributed by atoms with Crippen LogP contribution in [-0.2, 0) is 24.2 Å². The zero-order chi connectivity index (χ0) is 21.9. The highest BCUT2D eigenvalue weighted by atomic mass is 32.2. The fourth-order valence-corrected chi connectivity index (χ4v) is 4.43. The summed E-state index contributed by atoms with van der Waals surface area (Å²) in [6.45, 7) is 1.42. The Balaban J connectivity index is 1.65. The van der Waals surface area contributed by atoms with Gasteiger partial charge in [-0.25, -0.2) is 13.2 Å². The van der Waals surface area contributed by atoms with Gasteiger partial charge < -0.3 is 20.1 Å². The van der Waals surface area contributed by atoms with Gasteiger partial charge in [0.2, 0.25) is 5.91 Å². The number of hydrogen-bond donors (Lipinski definition) is 2. The second kappa shape index (κ2) is 8.54. The zero-order valence-corrected chi connectivity index (χ0v) is 17.2. The number of fused-ring (bicyclic) bond motifs is 1. The van der Waals surface area contributed by atoms with Gasteiger partial charge in [-0.05, 0) is 42.8 Å². The third-order valence-corrected chi connectivity index (χ3v) is 6.28. The Morgan fingerprint density at radius 2 is 1.90 bits per heavy atom. The molecule has 2 aromatic rings. The maximum absolute atomic E-state index is 12.7. The van der Waals surface area contributed by atoms with Crippen LogP contribution in [0.4, 0.5) is 11.4 Å². The van der Waals surface area contributed by atoms with Gasteiger partial charge >= 0.3 is 5.97 Å². The standard InChI is InChI=1S/C20H20N2O7S/c1-12-9-15-16(29-11-19(24)22-15)10-17(12)30(26,27)8-7-18(23)21-14-5-3-13(4-6-14)20(25)28-2/h3-6,9-10H,7-8,11H2,1-2H3,(H,21,23)(H,22,24). The van der Waals surface area contributed by atoms with E-state index in [1.807, 2.05) is 0 Å². The van der Waals surface area contributed by atoms with Crippen molar-refractivity contribution in [1.82, 2.24) is 0 Å². The molecule has 0 fully saturated rings. The van der Waals surface area contributed by atoms with Crippen molar-refractivity contribution in [2.24, 2.45) is 0 Å². The van der Waals surface area contributed by atoms with Crippen LogP contribution in [-0.4, -0.2) is 45.7 Å². The van der Waals surface area contributed by atoms with E-state index < -0.39 is 27.5 Å². The number of anilines is 2. The Kier molecular flexibility index (Phi) is 6.06. The summed E-state index contributed by atoms with van der Waals surface area (Å²) in [5.41, 5.74) is 1.62. The molecule has 1 aliphatic heterocycles. The Labute approximate surface area is 173 Å². The molecule has 0 atom stereocenters. The monoisotopic (exact) mass is 432 g/mol. The van der Waals surface area contributed by atoms with E-state index in [-0.39, 0.29) is 29.6 Å². The van der Waals surface area contributed by atoms with Crippen molar-refractivity contribution in [2.75, 3.05) is 30.1 Å². The summed E-state index contributed by atoms with van der Waals surface area (Å²) >= 11 is 0. The molecular weight excluding hydrogens is 412 g/mol. The van der Waals surface area contributed by atoms with Crippen LogP contribution in [0.3, 0.4) is 0 Å². The van der Waals surface area contributed by atoms with E-state index in [1.54, 1.807) is 6.92 Å². The number of methoxy groups -OCH3 is 1. The summed E-state index contributed by atoms with van der Waals surface area (Å²) in [6, 6.07) is 8.93. The quantitative estimate of drug-likeness (QED) is 0.668. The number of sulfone groups is 1. The number of aryl methyl sites for hydroxylation is 1. The highest BCUT2D eigenvalue weighted by molar-refractivity contribution is 7.91. The maximum Gasteiger partial charge on any atom is 0.337 e. The molecule has 0 spiro atoms. The average molecular weight is 432 g/mol. The molecule has 30 heavy (non-hydrogen) atoms. The number of carbonyl (C=O) groups is 3. The molecule has 0 saturated heterocycles. The Morgan fingerprint density at radius 1 is 1.20 bits per heavy atom. The number of amides is 2. The first-order valence-corrected chi connectivity index (χ1v) is 10.6. The molecule has 2 amide bonds. The van der Waals surface area contributed by atoms with E-state index in [4.69, 9.17) is 4.74 Å². The number of carbonyl (C=O) groups excluding carboxylic acids is 3. The zero-order valence-electron chi connectivity index (χ0n) is 16.4. The minimum atomic E-state index is -3.76. The normalized spacial score (nSPS) is 12.9. The maximum atomic E-state index is 12.7. The first kappa shape index (κ1) is 21.3. The molecule has 1 heterocycles. The molecule has 0 aliphatic carbocycles. The number of hydrogen-bond acceptors (Lipinski definition) is 7. The predicted octanol–water partition coefficient (Wildman–Crippen LogP) is 1.92. The van der Waals surface area contributed by atoms with E-state index in [2.05, 4.69) is 15.4 Å². The second-order valence-corrected chi connectivity index (χ2v) is 8.71. The van der Waals surface area contributed by atoms with Gasteiger partial charge in [0.1, 0.15) is 5.75 Å². The summed E-state index contributed by atoms with van der Waals surface area (Å²) in [7, 11) is -2.49. The van der Waals surface area contributed by atoms with Crippen LogP contribution in [0.2, 0.25) is 0 Å². The lowest BCUT2D eigenvalue weighted by Crippen LogP contribution is -2.26. The Morgan fingerprint density at radius 3 is 2.57 bits per heavy atom. The van der Waals surface area contributed by atoms with E-state index in [0.29, 0.717) is 22.5 Å². The van der Waals surface area contributed by atoms with Gasteiger partial charge in [-0.2, -0.15) is 0 Å². The lowest BCUT2D eigenvalue weighted by atomic mass is 10.2. The van der Waals surface area contributed by atoms with Gasteiger partial charge in [-0.15, -0.1) is 0 Å². The third kappa shape index (κ3) is 4.77. The first-order valence-electron chi connectivity index (χ1n) is 8.98. The molecule has 2 N–H and O–H groups in total. The number of esters is 1. The van der Waals surface area contributed by atoms with E-state index in [1.165, 1.54) is 43.5 Å². The van der Waals surface area contributed by atoms with E-state index in [9.17, 15) is 22.8 Å². The second-order valence-electron chi connectivity index (χ2n) is 6.64. The van der Waals surface area contributed by atoms with Crippen molar-refractivity contribution in [1.29, 1.82) is 0 Å². The van der Waals surface area contributed by atoms with Gasteiger partial charge in [0.25, 0.3) is 5.91 Å². The lowest BCUT2D eigenvalue weighted by Gasteiger charge is -2.20. The molecule has 3 rings (SSSR count). The number of nitrogens with one attached hydrogen (secondary N) is 2. The van der Waals surface area contributed by atoms with Crippen LogP contribution < -0.4 is 15.4 Å². The summed E-state index contributed by atoms with van der Waals surface area (Å²) in [4.78, 5) is 35.0. The molecule has 0 saturated carbocycles. The largest absolute Gasteiger partial charge is 0.482 e. The SMILES string of the molecule is COC(=O)c1ccc(NC(=O)CCS(=O)(=O)c2cc3c(cc2C)NC(=O)CO3)cc1. The van der Waals surface area contributed by atoms with Gasteiger partial charge in [0.15, 0.2) is 16.4 Å². The first-order chi connectivity index (χ1) is 14.2. The van der Waals surface area contributed by atoms with Crippen molar-refractivity contribution < 1.29 is 32.3 Å². The van der Waals surface area contributed by atoms with Gasteiger partial charge in [0, 0.05) is 18.2 Å². The number of benzene rings is 2. The van der Waals surface area contributed by atoms with Crippen molar-refractivity contribution in [3.05, 3.63) is 47.5 Å². The highest BCUT2D eigenvalue weighted by Crippen LogP contribution is 2.33. The van der Waals surface area contributed by atoms with Crippen molar-refractivity contribution in [3.8, 4) is 5.75 Å².